The van der Waals surface area contributed by atoms with Gasteiger partial charge in [-0.25, -0.2) is 13.1 Å². The molecule has 0 bridgehead atoms. The van der Waals surface area contributed by atoms with Crippen molar-refractivity contribution in [3.63, 3.8) is 0 Å². The number of halogens is 1. The molecule has 0 atom stereocenters. The number of nitrogens with one attached hydrogen (secondary N) is 2. The first kappa shape index (κ1) is 13.6. The molecule has 1 heterocycles. The average molecular weight is 291 g/mol. The lowest BCUT2D eigenvalue weighted by Gasteiger charge is -2.11. The summed E-state index contributed by atoms with van der Waals surface area (Å²) in [6.07, 6.45) is 5.61. The van der Waals surface area contributed by atoms with Crippen molar-refractivity contribution < 1.29 is 8.42 Å². The summed E-state index contributed by atoms with van der Waals surface area (Å²) >= 11 is 5.61. The Bertz CT molecular complexity index is 576. The molecule has 18 heavy (non-hydrogen) atoms. The van der Waals surface area contributed by atoms with Gasteiger partial charge in [0.1, 0.15) is 5.02 Å². The average Bonchev–Trinajstić information content (AvgIpc) is 2.83. The summed E-state index contributed by atoms with van der Waals surface area (Å²) in [4.78, 5) is 13.3. The van der Waals surface area contributed by atoms with Gasteiger partial charge in [-0.2, -0.15) is 0 Å². The Morgan fingerprint density at radius 3 is 2.67 bits per heavy atom. The molecular formula is C11H15ClN2O3S. The first-order valence-electron chi connectivity index (χ1n) is 5.87. The maximum Gasteiger partial charge on any atom is 0.266 e. The largest absolute Gasteiger partial charge is 0.326 e. The summed E-state index contributed by atoms with van der Waals surface area (Å²) in [5, 5.41) is -0.126. The van der Waals surface area contributed by atoms with E-state index < -0.39 is 15.6 Å². The number of sulfonamides is 1. The predicted octanol–water partition coefficient (Wildman–Crippen LogP) is 1.50. The van der Waals surface area contributed by atoms with E-state index in [4.69, 9.17) is 11.6 Å². The van der Waals surface area contributed by atoms with Crippen molar-refractivity contribution in [2.45, 2.75) is 30.6 Å². The third kappa shape index (κ3) is 3.13. The van der Waals surface area contributed by atoms with Crippen LogP contribution < -0.4 is 10.3 Å². The smallest absolute Gasteiger partial charge is 0.266 e. The summed E-state index contributed by atoms with van der Waals surface area (Å²) in [7, 11) is -3.59. The summed E-state index contributed by atoms with van der Waals surface area (Å²) < 4.78 is 26.5. The minimum absolute atomic E-state index is 0.00917. The molecule has 1 aliphatic carbocycles. The standard InChI is InChI=1S/C11H15ClN2O3S/c12-10-5-9(7-13-11(10)15)18(16,17)14-6-8-3-1-2-4-8/h5,7-8,14H,1-4,6H2,(H,13,15). The maximum absolute atomic E-state index is 12.0. The van der Waals surface area contributed by atoms with Gasteiger partial charge in [0.25, 0.3) is 5.56 Å². The molecule has 0 unspecified atom stereocenters. The van der Waals surface area contributed by atoms with Gasteiger partial charge in [0.15, 0.2) is 0 Å². The lowest BCUT2D eigenvalue weighted by Crippen LogP contribution is -2.29. The number of aromatic nitrogens is 1. The molecule has 2 rings (SSSR count). The maximum atomic E-state index is 12.0. The zero-order valence-electron chi connectivity index (χ0n) is 9.78. The van der Waals surface area contributed by atoms with Crippen molar-refractivity contribution in [3.05, 3.63) is 27.6 Å². The zero-order valence-corrected chi connectivity index (χ0v) is 11.4. The number of hydrogen-bond donors (Lipinski definition) is 2. The van der Waals surface area contributed by atoms with Crippen LogP contribution in [0.4, 0.5) is 0 Å². The Hall–Kier alpha value is -0.850. The third-order valence-electron chi connectivity index (χ3n) is 3.18. The van der Waals surface area contributed by atoms with Crippen LogP contribution in [0, 0.1) is 5.92 Å². The second-order valence-corrected chi connectivity index (χ2v) is 6.69. The number of aromatic amines is 1. The molecule has 0 amide bonds. The minimum atomic E-state index is -3.59. The Morgan fingerprint density at radius 2 is 2.06 bits per heavy atom. The van der Waals surface area contributed by atoms with Crippen molar-refractivity contribution >= 4 is 21.6 Å². The van der Waals surface area contributed by atoms with Gasteiger partial charge in [0.05, 0.1) is 4.90 Å². The predicted molar refractivity (Wildman–Crippen MR) is 69.2 cm³/mol. The fourth-order valence-corrected chi connectivity index (χ4v) is 3.46. The Kier molecular flexibility index (Phi) is 4.09. The number of rotatable bonds is 4. The molecule has 100 valence electrons. The summed E-state index contributed by atoms with van der Waals surface area (Å²) in [6.45, 7) is 0.444. The summed E-state index contributed by atoms with van der Waals surface area (Å²) in [5.41, 5.74) is -0.494. The normalized spacial score (nSPS) is 17.2. The quantitative estimate of drug-likeness (QED) is 0.882. The second kappa shape index (κ2) is 5.42. The highest BCUT2D eigenvalue weighted by Crippen LogP contribution is 2.24. The molecule has 1 aromatic rings. The molecule has 1 aromatic heterocycles. The van der Waals surface area contributed by atoms with Gasteiger partial charge in [-0.1, -0.05) is 24.4 Å². The van der Waals surface area contributed by atoms with Crippen molar-refractivity contribution in [3.8, 4) is 0 Å². The van der Waals surface area contributed by atoms with Crippen LogP contribution in [0.2, 0.25) is 5.02 Å². The Balaban J connectivity index is 2.09. The molecule has 0 aliphatic heterocycles. The molecule has 5 nitrogen and oxygen atoms in total. The van der Waals surface area contributed by atoms with Crippen molar-refractivity contribution in [1.29, 1.82) is 0 Å². The number of hydrogen-bond acceptors (Lipinski definition) is 3. The summed E-state index contributed by atoms with van der Waals surface area (Å²) in [6, 6.07) is 1.16. The molecule has 0 spiro atoms. The van der Waals surface area contributed by atoms with Crippen molar-refractivity contribution in [1.82, 2.24) is 9.71 Å². The molecule has 7 heteroatoms. The van der Waals surface area contributed by atoms with Crippen LogP contribution >= 0.6 is 11.6 Å². The summed E-state index contributed by atoms with van der Waals surface area (Å²) in [5.74, 6) is 0.415. The lowest BCUT2D eigenvalue weighted by atomic mass is 10.1. The first-order chi connectivity index (χ1) is 8.49. The monoisotopic (exact) mass is 290 g/mol. The van der Waals surface area contributed by atoms with E-state index in [-0.39, 0.29) is 9.92 Å². The highest BCUT2D eigenvalue weighted by Gasteiger charge is 2.20. The van der Waals surface area contributed by atoms with E-state index in [1.54, 1.807) is 0 Å². The van der Waals surface area contributed by atoms with E-state index in [2.05, 4.69) is 9.71 Å². The molecule has 2 N–H and O–H groups in total. The second-order valence-electron chi connectivity index (χ2n) is 4.51. The van der Waals surface area contributed by atoms with Crippen LogP contribution in [0.3, 0.4) is 0 Å². The van der Waals surface area contributed by atoms with Gasteiger partial charge in [0, 0.05) is 12.7 Å². The van der Waals surface area contributed by atoms with Crippen molar-refractivity contribution in [2.75, 3.05) is 6.54 Å². The number of H-pyrrole nitrogens is 1. The van der Waals surface area contributed by atoms with E-state index in [0.29, 0.717) is 12.5 Å². The van der Waals surface area contributed by atoms with Crippen LogP contribution in [-0.2, 0) is 10.0 Å². The molecule has 1 fully saturated rings. The third-order valence-corrected chi connectivity index (χ3v) is 4.86. The zero-order chi connectivity index (χ0) is 13.2. The fourth-order valence-electron chi connectivity index (χ4n) is 2.12. The topological polar surface area (TPSA) is 79.0 Å². The van der Waals surface area contributed by atoms with Gasteiger partial charge in [0.2, 0.25) is 10.0 Å². The van der Waals surface area contributed by atoms with E-state index in [1.165, 1.54) is 0 Å². The lowest BCUT2D eigenvalue weighted by molar-refractivity contribution is 0.519. The van der Waals surface area contributed by atoms with E-state index >= 15 is 0 Å². The van der Waals surface area contributed by atoms with Gasteiger partial charge in [-0.3, -0.25) is 4.79 Å². The van der Waals surface area contributed by atoms with E-state index in [0.717, 1.165) is 37.9 Å². The Labute approximate surface area is 111 Å². The molecule has 0 saturated heterocycles. The fraction of sp³-hybridized carbons (Fsp3) is 0.545. The molecule has 0 radical (unpaired) electrons. The van der Waals surface area contributed by atoms with E-state index in [1.807, 2.05) is 0 Å². The highest BCUT2D eigenvalue weighted by atomic mass is 35.5. The van der Waals surface area contributed by atoms with Gasteiger partial charge < -0.3 is 4.98 Å². The van der Waals surface area contributed by atoms with E-state index in [9.17, 15) is 13.2 Å². The van der Waals surface area contributed by atoms with Gasteiger partial charge in [-0.15, -0.1) is 0 Å². The highest BCUT2D eigenvalue weighted by molar-refractivity contribution is 7.89. The first-order valence-corrected chi connectivity index (χ1v) is 7.73. The van der Waals surface area contributed by atoms with Crippen LogP contribution in [-0.4, -0.2) is 19.9 Å². The number of pyridine rings is 1. The van der Waals surface area contributed by atoms with Crippen LogP contribution in [0.1, 0.15) is 25.7 Å². The Morgan fingerprint density at radius 1 is 1.39 bits per heavy atom. The van der Waals surface area contributed by atoms with Crippen LogP contribution in [0.15, 0.2) is 22.0 Å². The van der Waals surface area contributed by atoms with Gasteiger partial charge in [-0.05, 0) is 24.8 Å². The molecule has 1 saturated carbocycles. The molecule has 1 aliphatic rings. The van der Waals surface area contributed by atoms with Gasteiger partial charge >= 0.3 is 0 Å². The van der Waals surface area contributed by atoms with Crippen LogP contribution in [0.25, 0.3) is 0 Å². The minimum Gasteiger partial charge on any atom is -0.326 e. The molecular weight excluding hydrogens is 276 g/mol. The van der Waals surface area contributed by atoms with Crippen molar-refractivity contribution in [2.24, 2.45) is 5.92 Å². The SMILES string of the molecule is O=c1[nH]cc(S(=O)(=O)NCC2CCCC2)cc1Cl. The molecule has 0 aromatic carbocycles. The van der Waals surface area contributed by atoms with Crippen LogP contribution in [0.5, 0.6) is 0 Å².